The van der Waals surface area contributed by atoms with E-state index in [1.54, 1.807) is 6.92 Å². The van der Waals surface area contributed by atoms with Crippen LogP contribution in [0.3, 0.4) is 0 Å². The van der Waals surface area contributed by atoms with Gasteiger partial charge in [0, 0.05) is 6.54 Å². The Morgan fingerprint density at radius 1 is 1.38 bits per heavy atom. The second-order valence-electron chi connectivity index (χ2n) is 2.58. The first-order valence-electron chi connectivity index (χ1n) is 3.97. The number of hydrogen-bond acceptors (Lipinski definition) is 5. The highest BCUT2D eigenvalue weighted by Gasteiger charge is 2.29. The molecule has 0 aromatic rings. The van der Waals surface area contributed by atoms with Crippen molar-refractivity contribution in [3.63, 3.8) is 0 Å². The molecule has 1 amide bonds. The second-order valence-corrected chi connectivity index (χ2v) is 2.58. The van der Waals surface area contributed by atoms with E-state index in [9.17, 15) is 4.79 Å². The lowest BCUT2D eigenvalue weighted by Crippen LogP contribution is -2.48. The monoisotopic (exact) mass is 193 g/mol. The largest absolute Gasteiger partial charge is 0.394 e. The maximum Gasteiger partial charge on any atom is 0.251 e. The minimum Gasteiger partial charge on any atom is -0.394 e. The molecule has 0 heterocycles. The van der Waals surface area contributed by atoms with E-state index in [4.69, 9.17) is 20.4 Å². The van der Waals surface area contributed by atoms with Gasteiger partial charge in [-0.05, 0) is 6.92 Å². The number of likely N-dealkylation sites (N-methyl/N-ethyl adjacent to an activating group) is 1. The van der Waals surface area contributed by atoms with Gasteiger partial charge in [-0.1, -0.05) is 0 Å². The molecule has 13 heavy (non-hydrogen) atoms. The summed E-state index contributed by atoms with van der Waals surface area (Å²) in [5.41, 5.74) is 0. The van der Waals surface area contributed by atoms with Crippen molar-refractivity contribution in [1.29, 1.82) is 0 Å². The predicted molar refractivity (Wildman–Crippen MR) is 43.8 cm³/mol. The van der Waals surface area contributed by atoms with E-state index in [0.717, 1.165) is 0 Å². The quantitative estimate of drug-likeness (QED) is 0.324. The van der Waals surface area contributed by atoms with Crippen LogP contribution in [0.1, 0.15) is 6.92 Å². The van der Waals surface area contributed by atoms with Crippen LogP contribution in [0.5, 0.6) is 0 Å². The third-order valence-electron chi connectivity index (χ3n) is 1.52. The lowest BCUT2D eigenvalue weighted by atomic mass is 10.1. The van der Waals surface area contributed by atoms with E-state index in [1.807, 2.05) is 0 Å². The summed E-state index contributed by atoms with van der Waals surface area (Å²) >= 11 is 0. The van der Waals surface area contributed by atoms with E-state index in [0.29, 0.717) is 6.54 Å². The average Bonchev–Trinajstić information content (AvgIpc) is 2.14. The molecule has 0 aliphatic heterocycles. The van der Waals surface area contributed by atoms with Gasteiger partial charge in [-0.3, -0.25) is 4.79 Å². The molecule has 0 aliphatic rings. The van der Waals surface area contributed by atoms with Crippen LogP contribution in [0.2, 0.25) is 0 Å². The van der Waals surface area contributed by atoms with Crippen LogP contribution in [-0.4, -0.2) is 57.8 Å². The van der Waals surface area contributed by atoms with Crippen LogP contribution in [0.15, 0.2) is 0 Å². The van der Waals surface area contributed by atoms with Crippen molar-refractivity contribution in [2.75, 3.05) is 13.2 Å². The minimum absolute atomic E-state index is 0.317. The number of amides is 1. The summed E-state index contributed by atoms with van der Waals surface area (Å²) in [6.07, 6.45) is -4.91. The third kappa shape index (κ3) is 3.69. The topological polar surface area (TPSA) is 110 Å². The van der Waals surface area contributed by atoms with E-state index >= 15 is 0 Å². The van der Waals surface area contributed by atoms with E-state index < -0.39 is 30.8 Å². The van der Waals surface area contributed by atoms with E-state index in [-0.39, 0.29) is 0 Å². The maximum absolute atomic E-state index is 10.9. The SMILES string of the molecule is CCNC(=O)[C@H](O)[C@H](O)[C@H](O)CO. The molecule has 0 spiro atoms. The smallest absolute Gasteiger partial charge is 0.251 e. The first-order valence-corrected chi connectivity index (χ1v) is 3.97. The molecule has 0 radical (unpaired) electrons. The zero-order chi connectivity index (χ0) is 10.4. The lowest BCUT2D eigenvalue weighted by Gasteiger charge is -2.20. The Balaban J connectivity index is 4.07. The van der Waals surface area contributed by atoms with Crippen molar-refractivity contribution >= 4 is 5.91 Å². The van der Waals surface area contributed by atoms with Gasteiger partial charge < -0.3 is 25.7 Å². The summed E-state index contributed by atoms with van der Waals surface area (Å²) in [4.78, 5) is 10.9. The summed E-state index contributed by atoms with van der Waals surface area (Å²) in [6.45, 7) is 1.26. The molecule has 0 aromatic heterocycles. The number of carbonyl (C=O) groups is 1. The van der Waals surface area contributed by atoms with Crippen LogP contribution < -0.4 is 5.32 Å². The Hall–Kier alpha value is -0.690. The molecule has 0 fully saturated rings. The van der Waals surface area contributed by atoms with Crippen molar-refractivity contribution in [3.8, 4) is 0 Å². The Kier molecular flexibility index (Phi) is 5.56. The molecule has 0 rings (SSSR count). The molecule has 3 atom stereocenters. The molecule has 78 valence electrons. The molecule has 0 aromatic carbocycles. The average molecular weight is 193 g/mol. The van der Waals surface area contributed by atoms with Gasteiger partial charge >= 0.3 is 0 Å². The fraction of sp³-hybridized carbons (Fsp3) is 0.857. The van der Waals surface area contributed by atoms with Crippen molar-refractivity contribution in [1.82, 2.24) is 5.32 Å². The van der Waals surface area contributed by atoms with Crippen molar-refractivity contribution in [2.24, 2.45) is 0 Å². The Bertz CT molecular complexity index is 163. The zero-order valence-electron chi connectivity index (χ0n) is 7.34. The van der Waals surface area contributed by atoms with Crippen LogP contribution in [-0.2, 0) is 4.79 Å². The molecule has 0 saturated carbocycles. The summed E-state index contributed by atoms with van der Waals surface area (Å²) < 4.78 is 0. The molecular weight excluding hydrogens is 178 g/mol. The van der Waals surface area contributed by atoms with E-state index in [1.165, 1.54) is 0 Å². The molecule has 6 nitrogen and oxygen atoms in total. The maximum atomic E-state index is 10.9. The summed E-state index contributed by atoms with van der Waals surface area (Å²) in [5.74, 6) is -0.775. The van der Waals surface area contributed by atoms with Crippen LogP contribution in [0, 0.1) is 0 Å². The van der Waals surface area contributed by atoms with Gasteiger partial charge in [0.05, 0.1) is 6.61 Å². The Labute approximate surface area is 75.8 Å². The van der Waals surface area contributed by atoms with Crippen LogP contribution in [0.25, 0.3) is 0 Å². The van der Waals surface area contributed by atoms with Crippen molar-refractivity contribution < 1.29 is 25.2 Å². The van der Waals surface area contributed by atoms with Gasteiger partial charge in [-0.2, -0.15) is 0 Å². The van der Waals surface area contributed by atoms with Crippen molar-refractivity contribution in [2.45, 2.75) is 25.2 Å². The number of carbonyl (C=O) groups excluding carboxylic acids is 1. The Morgan fingerprint density at radius 3 is 2.31 bits per heavy atom. The van der Waals surface area contributed by atoms with Crippen molar-refractivity contribution in [3.05, 3.63) is 0 Å². The third-order valence-corrected chi connectivity index (χ3v) is 1.52. The van der Waals surface area contributed by atoms with Gasteiger partial charge in [-0.25, -0.2) is 0 Å². The Morgan fingerprint density at radius 2 is 1.92 bits per heavy atom. The molecular formula is C7H15NO5. The highest BCUT2D eigenvalue weighted by Crippen LogP contribution is 1.99. The lowest BCUT2D eigenvalue weighted by molar-refractivity contribution is -0.142. The highest BCUT2D eigenvalue weighted by molar-refractivity contribution is 5.81. The number of nitrogens with one attached hydrogen (secondary N) is 1. The van der Waals surface area contributed by atoms with E-state index in [2.05, 4.69) is 5.32 Å². The number of aliphatic hydroxyl groups is 4. The first kappa shape index (κ1) is 12.3. The number of hydrogen-bond donors (Lipinski definition) is 5. The zero-order valence-corrected chi connectivity index (χ0v) is 7.34. The normalized spacial score (nSPS) is 17.6. The molecule has 0 bridgehead atoms. The standard InChI is InChI=1S/C7H15NO5/c1-2-8-7(13)6(12)5(11)4(10)3-9/h4-6,9-12H,2-3H2,1H3,(H,8,13)/t4-,5-,6-/m1/s1. The second kappa shape index (κ2) is 5.87. The van der Waals surface area contributed by atoms with Crippen LogP contribution >= 0.6 is 0 Å². The number of aliphatic hydroxyl groups excluding tert-OH is 4. The summed E-state index contributed by atoms with van der Waals surface area (Å²) in [6, 6.07) is 0. The fourth-order valence-corrected chi connectivity index (χ4v) is 0.752. The highest BCUT2D eigenvalue weighted by atomic mass is 16.4. The predicted octanol–water partition coefficient (Wildman–Crippen LogP) is -2.80. The first-order chi connectivity index (χ1) is 6.04. The van der Waals surface area contributed by atoms with Crippen LogP contribution in [0.4, 0.5) is 0 Å². The molecule has 0 aliphatic carbocycles. The minimum atomic E-state index is -1.72. The van der Waals surface area contributed by atoms with Gasteiger partial charge in [0.2, 0.25) is 0 Å². The molecule has 0 unspecified atom stereocenters. The number of rotatable bonds is 5. The molecule has 0 saturated heterocycles. The van der Waals surface area contributed by atoms with Gasteiger partial charge in [0.15, 0.2) is 6.10 Å². The molecule has 5 N–H and O–H groups in total. The summed E-state index contributed by atoms with van der Waals surface area (Å²) in [5, 5.41) is 37.7. The van der Waals surface area contributed by atoms with Gasteiger partial charge in [0.1, 0.15) is 12.2 Å². The van der Waals surface area contributed by atoms with Gasteiger partial charge in [0.25, 0.3) is 5.91 Å². The summed E-state index contributed by atoms with van der Waals surface area (Å²) in [7, 11) is 0. The van der Waals surface area contributed by atoms with Gasteiger partial charge in [-0.15, -0.1) is 0 Å². The fourth-order valence-electron chi connectivity index (χ4n) is 0.752. The molecule has 6 heteroatoms.